The lowest BCUT2D eigenvalue weighted by molar-refractivity contribution is 0.434. The molecule has 0 aliphatic heterocycles. The van der Waals surface area contributed by atoms with Gasteiger partial charge in [0.25, 0.3) is 0 Å². The second kappa shape index (κ2) is 4.58. The fraction of sp³-hybridized carbons (Fsp3) is 0.385. The van der Waals surface area contributed by atoms with E-state index in [1.807, 2.05) is 25.2 Å². The molecule has 2 aromatic heterocycles. The summed E-state index contributed by atoms with van der Waals surface area (Å²) in [6.45, 7) is 4.38. The number of fused-ring (bicyclic) bond motifs is 1. The highest BCUT2D eigenvalue weighted by atomic mass is 14.9. The minimum Gasteiger partial charge on any atom is -0.311 e. The molecule has 1 unspecified atom stereocenters. The summed E-state index contributed by atoms with van der Waals surface area (Å²) in [6, 6.07) is 8.30. The molecule has 84 valence electrons. The lowest BCUT2D eigenvalue weighted by Gasteiger charge is -2.19. The number of pyridine rings is 2. The molecular weight excluding hydrogens is 198 g/mol. The normalized spacial score (nSPS) is 13.2. The zero-order valence-electron chi connectivity index (χ0n) is 9.94. The summed E-state index contributed by atoms with van der Waals surface area (Å²) in [5.74, 6) is 0.520. The van der Waals surface area contributed by atoms with Crippen molar-refractivity contribution in [1.29, 1.82) is 0 Å². The first kappa shape index (κ1) is 11.0. The molecule has 2 heterocycles. The van der Waals surface area contributed by atoms with Crippen molar-refractivity contribution in [3.8, 4) is 0 Å². The zero-order chi connectivity index (χ0) is 11.5. The Kier molecular flexibility index (Phi) is 3.15. The van der Waals surface area contributed by atoms with E-state index in [-0.39, 0.29) is 0 Å². The Bertz CT molecular complexity index is 479. The molecule has 16 heavy (non-hydrogen) atoms. The largest absolute Gasteiger partial charge is 0.311 e. The molecule has 3 nitrogen and oxygen atoms in total. The number of hydrogen-bond donors (Lipinski definition) is 1. The highest BCUT2D eigenvalue weighted by Gasteiger charge is 2.14. The van der Waals surface area contributed by atoms with Crippen molar-refractivity contribution >= 4 is 11.0 Å². The molecule has 0 saturated carbocycles. The van der Waals surface area contributed by atoms with E-state index < -0.39 is 0 Å². The van der Waals surface area contributed by atoms with Gasteiger partial charge in [0.1, 0.15) is 0 Å². The van der Waals surface area contributed by atoms with E-state index in [1.165, 1.54) is 0 Å². The molecule has 0 radical (unpaired) electrons. The smallest absolute Gasteiger partial charge is 0.0890 e. The van der Waals surface area contributed by atoms with Gasteiger partial charge >= 0.3 is 0 Å². The summed E-state index contributed by atoms with van der Waals surface area (Å²) in [5.41, 5.74) is 2.99. The summed E-state index contributed by atoms with van der Waals surface area (Å²) >= 11 is 0. The Morgan fingerprint density at radius 1 is 1.12 bits per heavy atom. The van der Waals surface area contributed by atoms with Crippen LogP contribution in [0.5, 0.6) is 0 Å². The van der Waals surface area contributed by atoms with Crippen LogP contribution in [0, 0.1) is 5.92 Å². The Hall–Kier alpha value is -1.48. The second-order valence-corrected chi connectivity index (χ2v) is 4.29. The number of rotatable bonds is 3. The number of nitrogens with zero attached hydrogens (tertiary/aromatic N) is 2. The lowest BCUT2D eigenvalue weighted by Crippen LogP contribution is -2.22. The van der Waals surface area contributed by atoms with Gasteiger partial charge in [0, 0.05) is 6.20 Å². The molecule has 0 aliphatic rings. The molecule has 1 atom stereocenters. The SMILES string of the molecule is CNC(c1ccc2ncccc2n1)C(C)C. The van der Waals surface area contributed by atoms with Crippen LogP contribution in [0.25, 0.3) is 11.0 Å². The van der Waals surface area contributed by atoms with Gasteiger partial charge in [-0.1, -0.05) is 13.8 Å². The van der Waals surface area contributed by atoms with Gasteiger partial charge < -0.3 is 5.32 Å². The quantitative estimate of drug-likeness (QED) is 0.855. The first-order chi connectivity index (χ1) is 7.72. The van der Waals surface area contributed by atoms with Crippen molar-refractivity contribution < 1.29 is 0 Å². The van der Waals surface area contributed by atoms with Crippen LogP contribution in [0.1, 0.15) is 25.6 Å². The van der Waals surface area contributed by atoms with E-state index >= 15 is 0 Å². The molecule has 3 heteroatoms. The Labute approximate surface area is 95.9 Å². The molecule has 1 N–H and O–H groups in total. The van der Waals surface area contributed by atoms with Crippen LogP contribution in [-0.4, -0.2) is 17.0 Å². The molecule has 2 rings (SSSR count). The summed E-state index contributed by atoms with van der Waals surface area (Å²) in [6.07, 6.45) is 1.79. The molecule has 2 aromatic rings. The van der Waals surface area contributed by atoms with Crippen molar-refractivity contribution in [2.24, 2.45) is 5.92 Å². The van der Waals surface area contributed by atoms with Crippen LogP contribution < -0.4 is 5.32 Å². The van der Waals surface area contributed by atoms with Crippen LogP contribution in [0.2, 0.25) is 0 Å². The molecule has 0 bridgehead atoms. The van der Waals surface area contributed by atoms with E-state index in [9.17, 15) is 0 Å². The van der Waals surface area contributed by atoms with Crippen LogP contribution in [0.4, 0.5) is 0 Å². The van der Waals surface area contributed by atoms with Crippen LogP contribution >= 0.6 is 0 Å². The number of hydrogen-bond acceptors (Lipinski definition) is 3. The predicted molar refractivity (Wildman–Crippen MR) is 66.2 cm³/mol. The van der Waals surface area contributed by atoms with E-state index in [2.05, 4.69) is 35.2 Å². The Morgan fingerprint density at radius 3 is 2.62 bits per heavy atom. The van der Waals surface area contributed by atoms with Gasteiger partial charge in [-0.2, -0.15) is 0 Å². The maximum atomic E-state index is 4.64. The predicted octanol–water partition coefficient (Wildman–Crippen LogP) is 2.55. The monoisotopic (exact) mass is 215 g/mol. The maximum absolute atomic E-state index is 4.64. The van der Waals surface area contributed by atoms with Crippen LogP contribution in [-0.2, 0) is 0 Å². The van der Waals surface area contributed by atoms with E-state index in [1.54, 1.807) is 6.20 Å². The second-order valence-electron chi connectivity index (χ2n) is 4.29. The first-order valence-corrected chi connectivity index (χ1v) is 5.61. The third-order valence-electron chi connectivity index (χ3n) is 2.77. The minimum atomic E-state index is 0.296. The van der Waals surface area contributed by atoms with Gasteiger partial charge in [0.15, 0.2) is 0 Å². The third-order valence-corrected chi connectivity index (χ3v) is 2.77. The lowest BCUT2D eigenvalue weighted by atomic mass is 10.0. The number of aromatic nitrogens is 2. The van der Waals surface area contributed by atoms with Gasteiger partial charge in [-0.3, -0.25) is 4.98 Å². The first-order valence-electron chi connectivity index (χ1n) is 5.61. The summed E-state index contributed by atoms with van der Waals surface area (Å²) < 4.78 is 0. The fourth-order valence-electron chi connectivity index (χ4n) is 1.97. The van der Waals surface area contributed by atoms with E-state index in [0.29, 0.717) is 12.0 Å². The van der Waals surface area contributed by atoms with Gasteiger partial charge in [-0.05, 0) is 37.2 Å². The van der Waals surface area contributed by atoms with Crippen molar-refractivity contribution in [2.45, 2.75) is 19.9 Å². The molecule has 0 amide bonds. The molecule has 0 fully saturated rings. The standard InChI is InChI=1S/C13H17N3/c1-9(2)13(14-3)12-7-6-10-11(16-12)5-4-8-15-10/h4-9,13-14H,1-3H3. The average molecular weight is 215 g/mol. The average Bonchev–Trinajstić information content (AvgIpc) is 2.29. The zero-order valence-corrected chi connectivity index (χ0v) is 9.94. The Morgan fingerprint density at radius 2 is 1.94 bits per heavy atom. The van der Waals surface area contributed by atoms with Gasteiger partial charge in [0.05, 0.1) is 22.8 Å². The van der Waals surface area contributed by atoms with Crippen molar-refractivity contribution in [1.82, 2.24) is 15.3 Å². The van der Waals surface area contributed by atoms with Gasteiger partial charge in [-0.25, -0.2) is 4.98 Å². The fourth-order valence-corrected chi connectivity index (χ4v) is 1.97. The van der Waals surface area contributed by atoms with Crippen molar-refractivity contribution in [3.63, 3.8) is 0 Å². The van der Waals surface area contributed by atoms with Crippen molar-refractivity contribution in [2.75, 3.05) is 7.05 Å². The van der Waals surface area contributed by atoms with Crippen LogP contribution in [0.15, 0.2) is 30.5 Å². The van der Waals surface area contributed by atoms with E-state index in [4.69, 9.17) is 0 Å². The van der Waals surface area contributed by atoms with E-state index in [0.717, 1.165) is 16.7 Å². The van der Waals surface area contributed by atoms with Gasteiger partial charge in [0.2, 0.25) is 0 Å². The molecule has 0 saturated heterocycles. The van der Waals surface area contributed by atoms with Crippen molar-refractivity contribution in [3.05, 3.63) is 36.2 Å². The Balaban J connectivity index is 2.45. The molecule has 0 aliphatic carbocycles. The summed E-state index contributed by atoms with van der Waals surface area (Å²) in [4.78, 5) is 8.91. The highest BCUT2D eigenvalue weighted by Crippen LogP contribution is 2.21. The maximum Gasteiger partial charge on any atom is 0.0890 e. The third kappa shape index (κ3) is 2.04. The molecule has 0 aromatic carbocycles. The topological polar surface area (TPSA) is 37.8 Å². The molecule has 0 spiro atoms. The summed E-state index contributed by atoms with van der Waals surface area (Å²) in [5, 5.41) is 3.30. The minimum absolute atomic E-state index is 0.296. The highest BCUT2D eigenvalue weighted by molar-refractivity contribution is 5.73. The van der Waals surface area contributed by atoms with Gasteiger partial charge in [-0.15, -0.1) is 0 Å². The molecular formula is C13H17N3. The van der Waals surface area contributed by atoms with Crippen LogP contribution in [0.3, 0.4) is 0 Å². The number of nitrogens with one attached hydrogen (secondary N) is 1. The summed E-state index contributed by atoms with van der Waals surface area (Å²) in [7, 11) is 1.97.